The molecule has 3 nitrogen and oxygen atoms in total. The average molecular weight is 228 g/mol. The quantitative estimate of drug-likeness (QED) is 0.711. The minimum atomic E-state index is -0.639. The van der Waals surface area contributed by atoms with E-state index in [9.17, 15) is 4.79 Å². The Bertz CT molecular complexity index is 215. The van der Waals surface area contributed by atoms with E-state index >= 15 is 0 Å². The monoisotopic (exact) mass is 228 g/mol. The van der Waals surface area contributed by atoms with Gasteiger partial charge in [-0.2, -0.15) is 0 Å². The van der Waals surface area contributed by atoms with Crippen molar-refractivity contribution in [3.05, 3.63) is 0 Å². The van der Waals surface area contributed by atoms with Gasteiger partial charge in [-0.05, 0) is 37.5 Å². The topological polar surface area (TPSA) is 46.5 Å². The first-order valence-corrected chi connectivity index (χ1v) is 6.49. The number of carboxylic acids is 1. The number of hydrogen-bond donors (Lipinski definition) is 1. The number of rotatable bonds is 6. The van der Waals surface area contributed by atoms with Crippen molar-refractivity contribution in [2.45, 2.75) is 46.0 Å². The second-order valence-corrected chi connectivity index (χ2v) is 4.87. The highest BCUT2D eigenvalue weighted by Crippen LogP contribution is 2.35. The zero-order valence-corrected chi connectivity index (χ0v) is 10.4. The molecule has 1 rings (SSSR count). The number of carboxylic acid groups (broad SMARTS) is 1. The van der Waals surface area contributed by atoms with Crippen LogP contribution in [0, 0.1) is 17.8 Å². The van der Waals surface area contributed by atoms with Crippen molar-refractivity contribution < 1.29 is 14.6 Å². The summed E-state index contributed by atoms with van der Waals surface area (Å²) in [5.74, 6) is 0.105. The lowest BCUT2D eigenvalue weighted by atomic mass is 9.73. The molecule has 0 aromatic heterocycles. The molecule has 16 heavy (non-hydrogen) atoms. The summed E-state index contributed by atoms with van der Waals surface area (Å²) < 4.78 is 5.53. The molecule has 0 aromatic rings. The van der Waals surface area contributed by atoms with Gasteiger partial charge in [0, 0.05) is 6.61 Å². The molecule has 0 heterocycles. The van der Waals surface area contributed by atoms with E-state index < -0.39 is 5.97 Å². The maximum Gasteiger partial charge on any atom is 0.306 e. The summed E-state index contributed by atoms with van der Waals surface area (Å²) in [6.45, 7) is 5.64. The standard InChI is InChI=1S/C13H24O3/c1-3-7-16-9-11-8-10(4-2)5-6-12(11)13(14)15/h10-12H,3-9H2,1-2H3,(H,14,15). The molecule has 1 aliphatic rings. The SMILES string of the molecule is CCCOCC1CC(CC)CCC1C(=O)O. The van der Waals surface area contributed by atoms with Gasteiger partial charge in [-0.25, -0.2) is 0 Å². The molecule has 3 unspecified atom stereocenters. The van der Waals surface area contributed by atoms with E-state index in [-0.39, 0.29) is 11.8 Å². The highest BCUT2D eigenvalue weighted by molar-refractivity contribution is 5.70. The van der Waals surface area contributed by atoms with Gasteiger partial charge in [-0.3, -0.25) is 4.79 Å². The Kier molecular flexibility index (Phi) is 5.81. The molecule has 0 radical (unpaired) electrons. The molecule has 1 saturated carbocycles. The van der Waals surface area contributed by atoms with E-state index in [0.717, 1.165) is 38.7 Å². The number of hydrogen-bond acceptors (Lipinski definition) is 2. The fourth-order valence-corrected chi connectivity index (χ4v) is 2.62. The minimum Gasteiger partial charge on any atom is -0.481 e. The Balaban J connectivity index is 2.46. The molecule has 3 atom stereocenters. The van der Waals surface area contributed by atoms with Crippen LogP contribution in [-0.2, 0) is 9.53 Å². The molecule has 0 saturated heterocycles. The molecular formula is C13H24O3. The predicted octanol–water partition coefficient (Wildman–Crippen LogP) is 2.94. The minimum absolute atomic E-state index is 0.181. The van der Waals surface area contributed by atoms with Crippen LogP contribution in [0.2, 0.25) is 0 Å². The molecule has 0 aromatic carbocycles. The lowest BCUT2D eigenvalue weighted by Crippen LogP contribution is -2.33. The third kappa shape index (κ3) is 3.78. The molecule has 0 amide bonds. The van der Waals surface area contributed by atoms with Crippen LogP contribution in [0.3, 0.4) is 0 Å². The molecule has 1 N–H and O–H groups in total. The summed E-state index contributed by atoms with van der Waals surface area (Å²) in [5.41, 5.74) is 0. The van der Waals surface area contributed by atoms with E-state index in [1.165, 1.54) is 0 Å². The van der Waals surface area contributed by atoms with Gasteiger partial charge >= 0.3 is 5.97 Å². The summed E-state index contributed by atoms with van der Waals surface area (Å²) in [6, 6.07) is 0. The summed E-state index contributed by atoms with van der Waals surface area (Å²) in [6.07, 6.45) is 5.08. The summed E-state index contributed by atoms with van der Waals surface area (Å²) >= 11 is 0. The Labute approximate surface area is 98.2 Å². The van der Waals surface area contributed by atoms with Crippen LogP contribution in [-0.4, -0.2) is 24.3 Å². The lowest BCUT2D eigenvalue weighted by molar-refractivity contribution is -0.146. The fraction of sp³-hybridized carbons (Fsp3) is 0.923. The van der Waals surface area contributed by atoms with Crippen molar-refractivity contribution in [3.8, 4) is 0 Å². The Morgan fingerprint density at radius 1 is 1.38 bits per heavy atom. The second kappa shape index (κ2) is 6.89. The van der Waals surface area contributed by atoms with Crippen LogP contribution in [0.4, 0.5) is 0 Å². The van der Waals surface area contributed by atoms with Gasteiger partial charge in [0.05, 0.1) is 12.5 Å². The van der Waals surface area contributed by atoms with E-state index in [4.69, 9.17) is 9.84 Å². The van der Waals surface area contributed by atoms with Crippen molar-refractivity contribution in [1.29, 1.82) is 0 Å². The lowest BCUT2D eigenvalue weighted by Gasteiger charge is -2.33. The highest BCUT2D eigenvalue weighted by Gasteiger charge is 2.34. The third-order valence-corrected chi connectivity index (χ3v) is 3.67. The van der Waals surface area contributed by atoms with Gasteiger partial charge < -0.3 is 9.84 Å². The van der Waals surface area contributed by atoms with Crippen LogP contribution in [0.5, 0.6) is 0 Å². The van der Waals surface area contributed by atoms with Crippen LogP contribution in [0.25, 0.3) is 0 Å². The fourth-order valence-electron chi connectivity index (χ4n) is 2.62. The smallest absolute Gasteiger partial charge is 0.306 e. The summed E-state index contributed by atoms with van der Waals surface area (Å²) in [4.78, 5) is 11.1. The number of aliphatic carboxylic acids is 1. The van der Waals surface area contributed by atoms with E-state index in [1.54, 1.807) is 0 Å². The Morgan fingerprint density at radius 3 is 2.69 bits per heavy atom. The van der Waals surface area contributed by atoms with E-state index in [1.807, 2.05) is 0 Å². The number of carbonyl (C=O) groups is 1. The average Bonchev–Trinajstić information content (AvgIpc) is 2.29. The normalized spacial score (nSPS) is 30.2. The summed E-state index contributed by atoms with van der Waals surface area (Å²) in [5, 5.41) is 9.17. The van der Waals surface area contributed by atoms with Gasteiger partial charge in [0.1, 0.15) is 0 Å². The largest absolute Gasteiger partial charge is 0.481 e. The molecule has 0 spiro atoms. The van der Waals surface area contributed by atoms with Crippen molar-refractivity contribution in [2.75, 3.05) is 13.2 Å². The Morgan fingerprint density at radius 2 is 2.12 bits per heavy atom. The molecule has 94 valence electrons. The molecule has 1 fully saturated rings. The first kappa shape index (κ1) is 13.5. The van der Waals surface area contributed by atoms with Gasteiger partial charge in [-0.15, -0.1) is 0 Å². The molecule has 0 bridgehead atoms. The van der Waals surface area contributed by atoms with Crippen molar-refractivity contribution in [2.24, 2.45) is 17.8 Å². The van der Waals surface area contributed by atoms with Crippen molar-refractivity contribution in [3.63, 3.8) is 0 Å². The van der Waals surface area contributed by atoms with Crippen LogP contribution >= 0.6 is 0 Å². The zero-order valence-electron chi connectivity index (χ0n) is 10.4. The van der Waals surface area contributed by atoms with Gasteiger partial charge in [0.15, 0.2) is 0 Å². The zero-order chi connectivity index (χ0) is 12.0. The molecular weight excluding hydrogens is 204 g/mol. The highest BCUT2D eigenvalue weighted by atomic mass is 16.5. The summed E-state index contributed by atoms with van der Waals surface area (Å²) in [7, 11) is 0. The first-order chi connectivity index (χ1) is 7.69. The van der Waals surface area contributed by atoms with Crippen molar-refractivity contribution in [1.82, 2.24) is 0 Å². The molecule has 3 heteroatoms. The number of ether oxygens (including phenoxy) is 1. The molecule has 1 aliphatic carbocycles. The van der Waals surface area contributed by atoms with Gasteiger partial charge in [-0.1, -0.05) is 20.3 Å². The van der Waals surface area contributed by atoms with E-state index in [0.29, 0.717) is 12.5 Å². The maximum atomic E-state index is 11.1. The predicted molar refractivity (Wildman–Crippen MR) is 63.4 cm³/mol. The maximum absolute atomic E-state index is 11.1. The van der Waals surface area contributed by atoms with Gasteiger partial charge in [0.25, 0.3) is 0 Å². The van der Waals surface area contributed by atoms with Crippen LogP contribution in [0.15, 0.2) is 0 Å². The third-order valence-electron chi connectivity index (χ3n) is 3.67. The van der Waals surface area contributed by atoms with Crippen LogP contribution < -0.4 is 0 Å². The molecule has 0 aliphatic heterocycles. The second-order valence-electron chi connectivity index (χ2n) is 4.87. The van der Waals surface area contributed by atoms with Gasteiger partial charge in [0.2, 0.25) is 0 Å². The van der Waals surface area contributed by atoms with Crippen LogP contribution in [0.1, 0.15) is 46.0 Å². The Hall–Kier alpha value is -0.570. The van der Waals surface area contributed by atoms with E-state index in [2.05, 4.69) is 13.8 Å². The first-order valence-electron chi connectivity index (χ1n) is 6.49. The van der Waals surface area contributed by atoms with Crippen molar-refractivity contribution >= 4 is 5.97 Å².